The molecule has 0 aliphatic heterocycles. The van der Waals surface area contributed by atoms with E-state index in [4.69, 9.17) is 0 Å². The van der Waals surface area contributed by atoms with Crippen LogP contribution < -0.4 is 0 Å². The van der Waals surface area contributed by atoms with Crippen molar-refractivity contribution in [3.8, 4) is 0 Å². The maximum Gasteiger partial charge on any atom is -0.0176 e. The van der Waals surface area contributed by atoms with E-state index in [1.54, 1.807) is 6.42 Å². The van der Waals surface area contributed by atoms with E-state index in [2.05, 4.69) is 20.8 Å². The fourth-order valence-corrected chi connectivity index (χ4v) is 4.67. The third kappa shape index (κ3) is 0.245. The van der Waals surface area contributed by atoms with Gasteiger partial charge in [-0.15, -0.1) is 0 Å². The molecule has 0 N–H and O–H groups in total. The van der Waals surface area contributed by atoms with Crippen LogP contribution in [0.4, 0.5) is 0 Å². The lowest BCUT2D eigenvalue weighted by molar-refractivity contribution is 0.0412. The van der Waals surface area contributed by atoms with Crippen LogP contribution >= 0.6 is 0 Å². The van der Waals surface area contributed by atoms with Gasteiger partial charge in [-0.2, -0.15) is 0 Å². The molecule has 0 radical (unpaired) electrons. The molecule has 5 atom stereocenters. The number of hydrogen-bond acceptors (Lipinski definition) is 0. The standard InChI is InChI=1S/C10H16/c1-6-7(2)10-5-4-9(10,3)8(6)10/h6-8H,4-5H2,1-3H3. The predicted molar refractivity (Wildman–Crippen MR) is 41.6 cm³/mol. The first-order valence-electron chi connectivity index (χ1n) is 4.64. The zero-order chi connectivity index (χ0) is 7.15. The van der Waals surface area contributed by atoms with Crippen LogP contribution in [0.25, 0.3) is 0 Å². The Morgan fingerprint density at radius 2 is 1.90 bits per heavy atom. The molecule has 0 aromatic rings. The SMILES string of the molecule is CC1C(C)C23CCC2(C)C13. The summed E-state index contributed by atoms with van der Waals surface area (Å²) in [4.78, 5) is 0. The first-order valence-corrected chi connectivity index (χ1v) is 4.64. The topological polar surface area (TPSA) is 0 Å². The lowest BCUT2D eigenvalue weighted by Gasteiger charge is -2.44. The molecule has 0 nitrogen and oxygen atoms in total. The highest BCUT2D eigenvalue weighted by Crippen LogP contribution is 2.94. The van der Waals surface area contributed by atoms with Gasteiger partial charge in [-0.05, 0) is 41.4 Å². The van der Waals surface area contributed by atoms with E-state index < -0.39 is 0 Å². The molecule has 3 rings (SSSR count). The molecule has 56 valence electrons. The van der Waals surface area contributed by atoms with Gasteiger partial charge in [0.05, 0.1) is 0 Å². The van der Waals surface area contributed by atoms with Gasteiger partial charge in [0.2, 0.25) is 0 Å². The highest BCUT2D eigenvalue weighted by atomic mass is 14.9. The first-order chi connectivity index (χ1) is 4.64. The van der Waals surface area contributed by atoms with Crippen molar-refractivity contribution in [1.29, 1.82) is 0 Å². The maximum atomic E-state index is 2.52. The average Bonchev–Trinajstić information content (AvgIpc) is 2.26. The van der Waals surface area contributed by atoms with Gasteiger partial charge in [0.15, 0.2) is 0 Å². The Kier molecular flexibility index (Phi) is 0.612. The molecule has 0 amide bonds. The Morgan fingerprint density at radius 1 is 1.20 bits per heavy atom. The second-order valence-corrected chi connectivity index (χ2v) is 5.08. The molecule has 0 bridgehead atoms. The Morgan fingerprint density at radius 3 is 2.10 bits per heavy atom. The summed E-state index contributed by atoms with van der Waals surface area (Å²) in [5.41, 5.74) is 1.73. The minimum Gasteiger partial charge on any atom is -0.0619 e. The molecule has 3 fully saturated rings. The monoisotopic (exact) mass is 136 g/mol. The van der Waals surface area contributed by atoms with Gasteiger partial charge in [-0.3, -0.25) is 0 Å². The predicted octanol–water partition coefficient (Wildman–Crippen LogP) is 2.69. The molecule has 0 heteroatoms. The molecule has 0 heterocycles. The smallest absolute Gasteiger partial charge is 0.0176 e. The molecule has 0 aromatic heterocycles. The van der Waals surface area contributed by atoms with E-state index in [9.17, 15) is 0 Å². The second-order valence-electron chi connectivity index (χ2n) is 5.08. The van der Waals surface area contributed by atoms with Crippen molar-refractivity contribution < 1.29 is 0 Å². The van der Waals surface area contributed by atoms with Gasteiger partial charge in [0, 0.05) is 0 Å². The third-order valence-corrected chi connectivity index (χ3v) is 5.41. The number of rotatable bonds is 0. The molecule has 0 aromatic carbocycles. The summed E-state index contributed by atoms with van der Waals surface area (Å²) < 4.78 is 0. The average molecular weight is 136 g/mol. The summed E-state index contributed by atoms with van der Waals surface area (Å²) in [5, 5.41) is 0. The molecule has 3 saturated carbocycles. The minimum absolute atomic E-state index is 0.839. The van der Waals surface area contributed by atoms with Crippen LogP contribution in [-0.2, 0) is 0 Å². The number of hydrogen-bond donors (Lipinski definition) is 0. The van der Waals surface area contributed by atoms with Gasteiger partial charge in [-0.1, -0.05) is 20.8 Å². The van der Waals surface area contributed by atoms with E-state index in [1.165, 1.54) is 6.42 Å². The van der Waals surface area contributed by atoms with Gasteiger partial charge in [0.25, 0.3) is 0 Å². The van der Waals surface area contributed by atoms with Crippen molar-refractivity contribution >= 4 is 0 Å². The van der Waals surface area contributed by atoms with Gasteiger partial charge >= 0.3 is 0 Å². The lowest BCUT2D eigenvalue weighted by Crippen LogP contribution is -2.38. The second kappa shape index (κ2) is 1.09. The van der Waals surface area contributed by atoms with Crippen molar-refractivity contribution in [2.45, 2.75) is 33.6 Å². The molecular weight excluding hydrogens is 120 g/mol. The Hall–Kier alpha value is 0. The quantitative estimate of drug-likeness (QED) is 0.480. The zero-order valence-electron chi connectivity index (χ0n) is 7.15. The Bertz CT molecular complexity index is 208. The van der Waals surface area contributed by atoms with Crippen LogP contribution in [0, 0.1) is 28.6 Å². The molecule has 5 unspecified atom stereocenters. The van der Waals surface area contributed by atoms with Gasteiger partial charge in [0.1, 0.15) is 0 Å². The van der Waals surface area contributed by atoms with Crippen LogP contribution in [0.5, 0.6) is 0 Å². The zero-order valence-corrected chi connectivity index (χ0v) is 7.15. The maximum absolute atomic E-state index is 2.52. The molecule has 10 heavy (non-hydrogen) atoms. The van der Waals surface area contributed by atoms with E-state index in [-0.39, 0.29) is 0 Å². The van der Waals surface area contributed by atoms with Crippen LogP contribution in [-0.4, -0.2) is 0 Å². The fourth-order valence-electron chi connectivity index (χ4n) is 4.67. The summed E-state index contributed by atoms with van der Waals surface area (Å²) in [6.45, 7) is 7.43. The summed E-state index contributed by atoms with van der Waals surface area (Å²) in [6.07, 6.45) is 3.09. The van der Waals surface area contributed by atoms with Crippen molar-refractivity contribution in [3.63, 3.8) is 0 Å². The molecular formula is C10H16. The highest BCUT2D eigenvalue weighted by molar-refractivity contribution is 5.35. The van der Waals surface area contributed by atoms with Crippen molar-refractivity contribution in [2.75, 3.05) is 0 Å². The fraction of sp³-hybridized carbons (Fsp3) is 1.00. The van der Waals surface area contributed by atoms with Crippen molar-refractivity contribution in [2.24, 2.45) is 28.6 Å². The largest absolute Gasteiger partial charge is 0.0619 e. The van der Waals surface area contributed by atoms with Gasteiger partial charge in [-0.25, -0.2) is 0 Å². The van der Waals surface area contributed by atoms with E-state index in [0.717, 1.165) is 28.6 Å². The van der Waals surface area contributed by atoms with Crippen LogP contribution in [0.3, 0.4) is 0 Å². The lowest BCUT2D eigenvalue weighted by atomic mass is 9.60. The minimum atomic E-state index is 0.839. The molecule has 1 spiro atoms. The number of fused-ring (bicyclic) bond motifs is 1. The van der Waals surface area contributed by atoms with Crippen molar-refractivity contribution in [3.05, 3.63) is 0 Å². The summed E-state index contributed by atoms with van der Waals surface area (Å²) in [7, 11) is 0. The summed E-state index contributed by atoms with van der Waals surface area (Å²) >= 11 is 0. The first kappa shape index (κ1) is 5.62. The Labute approximate surface area is 63.0 Å². The van der Waals surface area contributed by atoms with Crippen LogP contribution in [0.1, 0.15) is 33.6 Å². The third-order valence-electron chi connectivity index (χ3n) is 5.41. The Balaban J connectivity index is 2.02. The van der Waals surface area contributed by atoms with E-state index in [0.29, 0.717) is 0 Å². The molecule has 3 aliphatic rings. The summed E-state index contributed by atoms with van der Waals surface area (Å²) in [6, 6.07) is 0. The van der Waals surface area contributed by atoms with Gasteiger partial charge < -0.3 is 0 Å². The van der Waals surface area contributed by atoms with Crippen LogP contribution in [0.2, 0.25) is 0 Å². The molecule has 0 saturated heterocycles. The summed E-state index contributed by atoms with van der Waals surface area (Å²) in [5.74, 6) is 3.25. The van der Waals surface area contributed by atoms with Crippen LogP contribution in [0.15, 0.2) is 0 Å². The normalized spacial score (nSPS) is 76.5. The van der Waals surface area contributed by atoms with E-state index >= 15 is 0 Å². The van der Waals surface area contributed by atoms with Crippen molar-refractivity contribution in [1.82, 2.24) is 0 Å². The molecule has 3 aliphatic carbocycles. The van der Waals surface area contributed by atoms with E-state index in [1.807, 2.05) is 0 Å². The highest BCUT2D eigenvalue weighted by Gasteiger charge is 2.88.